The van der Waals surface area contributed by atoms with Gasteiger partial charge in [0.25, 0.3) is 0 Å². The number of benzene rings is 1. The van der Waals surface area contributed by atoms with Gasteiger partial charge in [0, 0.05) is 30.3 Å². The molecule has 1 aromatic carbocycles. The Kier molecular flexibility index (Phi) is 4.08. The zero-order valence-electron chi connectivity index (χ0n) is 12.7. The van der Waals surface area contributed by atoms with Gasteiger partial charge in [0.05, 0.1) is 16.1 Å². The minimum Gasteiger partial charge on any atom is -0.478 e. The summed E-state index contributed by atoms with van der Waals surface area (Å²) < 4.78 is 0. The number of fused-ring (bicyclic) bond motifs is 1. The monoisotopic (exact) mass is 325 g/mol. The van der Waals surface area contributed by atoms with Crippen LogP contribution in [0.5, 0.6) is 0 Å². The van der Waals surface area contributed by atoms with Crippen LogP contribution in [-0.2, 0) is 4.79 Å². The first-order valence-electron chi connectivity index (χ1n) is 7.04. The highest BCUT2D eigenvalue weighted by Gasteiger charge is 2.15. The molecule has 2 N–H and O–H groups in total. The number of hydrogen-bond acceptors (Lipinski definition) is 5. The van der Waals surface area contributed by atoms with Crippen LogP contribution in [0.25, 0.3) is 27.7 Å². The van der Waals surface area contributed by atoms with Crippen LogP contribution in [0.4, 0.5) is 5.13 Å². The smallest absolute Gasteiger partial charge is 0.328 e. The number of rotatable bonds is 4. The third-order valence-corrected chi connectivity index (χ3v) is 4.62. The van der Waals surface area contributed by atoms with E-state index in [1.54, 1.807) is 20.2 Å². The van der Waals surface area contributed by atoms with Crippen LogP contribution in [0, 0.1) is 0 Å². The second-order valence-electron chi connectivity index (χ2n) is 5.02. The standard InChI is InChI=1S/C17H15N3O2S/c1-10(8-14(21)22)16-15(20-17(18-2)23-16)12-5-6-13-11(9-12)4-3-7-19-13/h3-9H,1-2H3,(H,18,20)(H,21,22)/b10-8+. The van der Waals surface area contributed by atoms with Crippen LogP contribution in [0.1, 0.15) is 11.8 Å². The van der Waals surface area contributed by atoms with Gasteiger partial charge in [-0.05, 0) is 30.7 Å². The SMILES string of the molecule is CNc1nc(-c2ccc3ncccc3c2)c(/C(C)=C/C(=O)O)s1. The number of aliphatic carboxylic acids is 1. The van der Waals surface area contributed by atoms with Crippen molar-refractivity contribution in [2.45, 2.75) is 6.92 Å². The lowest BCUT2D eigenvalue weighted by atomic mass is 10.1. The molecule has 0 saturated heterocycles. The summed E-state index contributed by atoms with van der Waals surface area (Å²) >= 11 is 1.44. The second kappa shape index (κ2) is 6.18. The number of carboxylic acid groups (broad SMARTS) is 1. The maximum absolute atomic E-state index is 11.0. The van der Waals surface area contributed by atoms with Crippen LogP contribution >= 0.6 is 11.3 Å². The molecule has 0 amide bonds. The van der Waals surface area contributed by atoms with Gasteiger partial charge in [-0.1, -0.05) is 23.5 Å². The van der Waals surface area contributed by atoms with Gasteiger partial charge in [0.2, 0.25) is 0 Å². The number of nitrogens with zero attached hydrogens (tertiary/aromatic N) is 2. The molecule has 0 saturated carbocycles. The number of anilines is 1. The molecular formula is C17H15N3O2S. The third kappa shape index (κ3) is 3.07. The average Bonchev–Trinajstić information content (AvgIpc) is 2.98. The van der Waals surface area contributed by atoms with Crippen molar-refractivity contribution in [2.24, 2.45) is 0 Å². The van der Waals surface area contributed by atoms with Crippen LogP contribution in [0.2, 0.25) is 0 Å². The first kappa shape index (κ1) is 15.2. The van der Waals surface area contributed by atoms with Crippen molar-refractivity contribution in [2.75, 3.05) is 12.4 Å². The third-order valence-electron chi connectivity index (χ3n) is 3.42. The van der Waals surface area contributed by atoms with Crippen molar-refractivity contribution < 1.29 is 9.90 Å². The van der Waals surface area contributed by atoms with Crippen LogP contribution in [0.3, 0.4) is 0 Å². The molecule has 5 nitrogen and oxygen atoms in total. The summed E-state index contributed by atoms with van der Waals surface area (Å²) in [7, 11) is 1.80. The maximum atomic E-state index is 11.0. The van der Waals surface area contributed by atoms with Gasteiger partial charge < -0.3 is 10.4 Å². The molecule has 0 aliphatic rings. The first-order valence-corrected chi connectivity index (χ1v) is 7.85. The molecule has 0 atom stereocenters. The van der Waals surface area contributed by atoms with Crippen LogP contribution in [0.15, 0.2) is 42.6 Å². The van der Waals surface area contributed by atoms with E-state index in [-0.39, 0.29) is 0 Å². The van der Waals surface area contributed by atoms with Crippen LogP contribution < -0.4 is 5.32 Å². The number of pyridine rings is 1. The molecule has 0 aliphatic heterocycles. The highest BCUT2D eigenvalue weighted by Crippen LogP contribution is 2.36. The molecule has 0 fully saturated rings. The van der Waals surface area contributed by atoms with Gasteiger partial charge >= 0.3 is 5.97 Å². The molecule has 2 aromatic heterocycles. The van der Waals surface area contributed by atoms with E-state index >= 15 is 0 Å². The fourth-order valence-electron chi connectivity index (χ4n) is 2.36. The Hall–Kier alpha value is -2.73. The number of thiazole rings is 1. The number of carboxylic acids is 1. The molecule has 0 spiro atoms. The maximum Gasteiger partial charge on any atom is 0.328 e. The number of allylic oxidation sites excluding steroid dienone is 1. The number of nitrogens with one attached hydrogen (secondary N) is 1. The molecule has 3 rings (SSSR count). The highest BCUT2D eigenvalue weighted by atomic mass is 32.1. The zero-order chi connectivity index (χ0) is 16.4. The molecule has 0 unspecified atom stereocenters. The molecule has 2 heterocycles. The van der Waals surface area contributed by atoms with E-state index in [1.165, 1.54) is 17.4 Å². The fraction of sp³-hybridized carbons (Fsp3) is 0.118. The lowest BCUT2D eigenvalue weighted by molar-refractivity contribution is -0.131. The summed E-state index contributed by atoms with van der Waals surface area (Å²) in [5, 5.41) is 13.8. The van der Waals surface area contributed by atoms with Crippen LogP contribution in [-0.4, -0.2) is 28.1 Å². The van der Waals surface area contributed by atoms with Crippen molar-refractivity contribution >= 4 is 38.9 Å². The largest absolute Gasteiger partial charge is 0.478 e. The lowest BCUT2D eigenvalue weighted by Crippen LogP contribution is -1.91. The summed E-state index contributed by atoms with van der Waals surface area (Å²) in [5.41, 5.74) is 3.31. The zero-order valence-corrected chi connectivity index (χ0v) is 13.5. The predicted molar refractivity (Wildman–Crippen MR) is 93.7 cm³/mol. The highest BCUT2D eigenvalue weighted by molar-refractivity contribution is 7.17. The van der Waals surface area contributed by atoms with Gasteiger partial charge in [0.1, 0.15) is 0 Å². The quantitative estimate of drug-likeness (QED) is 0.712. The average molecular weight is 325 g/mol. The molecule has 0 bridgehead atoms. The number of hydrogen-bond donors (Lipinski definition) is 2. The van der Waals surface area contributed by atoms with E-state index < -0.39 is 5.97 Å². The summed E-state index contributed by atoms with van der Waals surface area (Å²) in [5.74, 6) is -0.962. The molecule has 6 heteroatoms. The Morgan fingerprint density at radius 1 is 1.35 bits per heavy atom. The van der Waals surface area contributed by atoms with E-state index in [0.29, 0.717) is 5.57 Å². The molecule has 23 heavy (non-hydrogen) atoms. The van der Waals surface area contributed by atoms with Gasteiger partial charge in [-0.15, -0.1) is 0 Å². The molecule has 116 valence electrons. The Morgan fingerprint density at radius 3 is 2.91 bits per heavy atom. The molecule has 0 radical (unpaired) electrons. The lowest BCUT2D eigenvalue weighted by Gasteiger charge is -2.04. The van der Waals surface area contributed by atoms with E-state index in [9.17, 15) is 4.79 Å². The van der Waals surface area contributed by atoms with Crippen molar-refractivity contribution in [3.05, 3.63) is 47.5 Å². The van der Waals surface area contributed by atoms with Gasteiger partial charge in [0.15, 0.2) is 5.13 Å². The molecule has 0 aliphatic carbocycles. The van der Waals surface area contributed by atoms with E-state index in [4.69, 9.17) is 5.11 Å². The Morgan fingerprint density at radius 2 is 2.17 bits per heavy atom. The van der Waals surface area contributed by atoms with E-state index in [2.05, 4.69) is 15.3 Å². The summed E-state index contributed by atoms with van der Waals surface area (Å²) in [6.07, 6.45) is 2.97. The van der Waals surface area contributed by atoms with E-state index in [1.807, 2.05) is 30.3 Å². The molecular weight excluding hydrogens is 310 g/mol. The normalized spacial score (nSPS) is 11.7. The van der Waals surface area contributed by atoms with Gasteiger partial charge in [-0.3, -0.25) is 4.98 Å². The van der Waals surface area contributed by atoms with Gasteiger partial charge in [-0.2, -0.15) is 0 Å². The fourth-order valence-corrected chi connectivity index (χ4v) is 3.28. The van der Waals surface area contributed by atoms with Gasteiger partial charge in [-0.25, -0.2) is 9.78 Å². The summed E-state index contributed by atoms with van der Waals surface area (Å²) in [4.78, 5) is 20.7. The predicted octanol–water partition coefficient (Wildman–Crippen LogP) is 3.89. The first-order chi connectivity index (χ1) is 11.1. The summed E-state index contributed by atoms with van der Waals surface area (Å²) in [6.45, 7) is 1.78. The summed E-state index contributed by atoms with van der Waals surface area (Å²) in [6, 6.07) is 9.82. The van der Waals surface area contributed by atoms with Crippen molar-refractivity contribution in [1.29, 1.82) is 0 Å². The minimum atomic E-state index is -0.962. The van der Waals surface area contributed by atoms with Crippen molar-refractivity contribution in [1.82, 2.24) is 9.97 Å². The Balaban J connectivity index is 2.17. The number of aromatic nitrogens is 2. The molecule has 3 aromatic rings. The van der Waals surface area contributed by atoms with Crippen molar-refractivity contribution in [3.63, 3.8) is 0 Å². The Labute approximate surface area is 137 Å². The Bertz CT molecular complexity index is 915. The number of carbonyl (C=O) groups is 1. The topological polar surface area (TPSA) is 75.1 Å². The second-order valence-corrected chi connectivity index (χ2v) is 6.02. The van der Waals surface area contributed by atoms with Crippen molar-refractivity contribution in [3.8, 4) is 11.3 Å². The minimum absolute atomic E-state index is 0.679. The van der Waals surface area contributed by atoms with E-state index in [0.717, 1.165) is 32.2 Å².